The van der Waals surface area contributed by atoms with Crippen LogP contribution in [-0.4, -0.2) is 24.9 Å². The van der Waals surface area contributed by atoms with Crippen molar-refractivity contribution >= 4 is 10.0 Å². The lowest BCUT2D eigenvalue weighted by Gasteiger charge is -2.32. The van der Waals surface area contributed by atoms with Gasteiger partial charge in [-0.15, -0.1) is 0 Å². The van der Waals surface area contributed by atoms with E-state index in [9.17, 15) is 8.42 Å². The molecule has 22 heavy (non-hydrogen) atoms. The topological polar surface area (TPSA) is 63.4 Å². The molecule has 0 amide bonds. The molecule has 0 radical (unpaired) electrons. The number of nitrogens with zero attached hydrogens (tertiary/aromatic N) is 2. The Morgan fingerprint density at radius 3 is 2.68 bits per heavy atom. The predicted octanol–water partition coefficient (Wildman–Crippen LogP) is 2.99. The van der Waals surface area contributed by atoms with Crippen LogP contribution in [0.1, 0.15) is 41.5 Å². The molecule has 0 aliphatic heterocycles. The Morgan fingerprint density at radius 2 is 2.00 bits per heavy atom. The van der Waals surface area contributed by atoms with Crippen molar-refractivity contribution in [3.63, 3.8) is 0 Å². The van der Waals surface area contributed by atoms with Crippen LogP contribution in [0.4, 0.5) is 0 Å². The van der Waals surface area contributed by atoms with Crippen LogP contribution >= 0.6 is 0 Å². The SMILES string of the molecule is Cc1noc(C)c1S(=O)(=O)N(C)[C@H]1CCCc2ccccc21. The highest BCUT2D eigenvalue weighted by molar-refractivity contribution is 7.89. The van der Waals surface area contributed by atoms with Gasteiger partial charge in [-0.3, -0.25) is 0 Å². The third-order valence-corrected chi connectivity index (χ3v) is 6.49. The largest absolute Gasteiger partial charge is 0.360 e. The van der Waals surface area contributed by atoms with Gasteiger partial charge < -0.3 is 4.52 Å². The molecule has 6 heteroatoms. The molecule has 0 unspecified atom stereocenters. The first-order chi connectivity index (χ1) is 10.4. The quantitative estimate of drug-likeness (QED) is 0.872. The minimum absolute atomic E-state index is 0.136. The van der Waals surface area contributed by atoms with Crippen molar-refractivity contribution in [1.82, 2.24) is 9.46 Å². The fourth-order valence-corrected chi connectivity index (χ4v) is 4.91. The van der Waals surface area contributed by atoms with E-state index in [4.69, 9.17) is 4.52 Å². The van der Waals surface area contributed by atoms with E-state index in [1.807, 2.05) is 18.2 Å². The molecule has 118 valence electrons. The minimum Gasteiger partial charge on any atom is -0.360 e. The van der Waals surface area contributed by atoms with Crippen LogP contribution in [0, 0.1) is 13.8 Å². The van der Waals surface area contributed by atoms with Crippen LogP contribution in [0.2, 0.25) is 0 Å². The predicted molar refractivity (Wildman–Crippen MR) is 83.0 cm³/mol. The van der Waals surface area contributed by atoms with Gasteiger partial charge in [0.25, 0.3) is 0 Å². The molecule has 1 aromatic carbocycles. The van der Waals surface area contributed by atoms with E-state index in [-0.39, 0.29) is 10.9 Å². The highest BCUT2D eigenvalue weighted by Gasteiger charge is 2.35. The molecule has 0 saturated carbocycles. The van der Waals surface area contributed by atoms with Crippen LogP contribution in [-0.2, 0) is 16.4 Å². The van der Waals surface area contributed by atoms with E-state index in [1.165, 1.54) is 9.87 Å². The molecule has 1 heterocycles. The smallest absolute Gasteiger partial charge is 0.248 e. The molecule has 0 saturated heterocycles. The summed E-state index contributed by atoms with van der Waals surface area (Å²) in [6.45, 7) is 3.29. The normalized spacial score (nSPS) is 18.5. The van der Waals surface area contributed by atoms with Crippen molar-refractivity contribution in [3.05, 3.63) is 46.8 Å². The van der Waals surface area contributed by atoms with E-state index in [1.54, 1.807) is 20.9 Å². The number of aryl methyl sites for hydroxylation is 3. The van der Waals surface area contributed by atoms with Crippen molar-refractivity contribution in [3.8, 4) is 0 Å². The second-order valence-corrected chi connectivity index (χ2v) is 7.72. The van der Waals surface area contributed by atoms with Gasteiger partial charge in [0.1, 0.15) is 10.6 Å². The van der Waals surface area contributed by atoms with Gasteiger partial charge in [0, 0.05) is 7.05 Å². The summed E-state index contributed by atoms with van der Waals surface area (Å²) in [5, 5.41) is 3.77. The van der Waals surface area contributed by atoms with E-state index < -0.39 is 10.0 Å². The summed E-state index contributed by atoms with van der Waals surface area (Å²) >= 11 is 0. The van der Waals surface area contributed by atoms with Crippen LogP contribution in [0.15, 0.2) is 33.7 Å². The number of fused-ring (bicyclic) bond motifs is 1. The maximum Gasteiger partial charge on any atom is 0.248 e. The molecule has 3 rings (SSSR count). The molecular formula is C16H20N2O3S. The summed E-state index contributed by atoms with van der Waals surface area (Å²) in [7, 11) is -1.98. The average molecular weight is 320 g/mol. The molecule has 0 spiro atoms. The second kappa shape index (κ2) is 5.52. The van der Waals surface area contributed by atoms with Crippen molar-refractivity contribution < 1.29 is 12.9 Å². The summed E-state index contributed by atoms with van der Waals surface area (Å²) in [4.78, 5) is 0.193. The summed E-state index contributed by atoms with van der Waals surface area (Å²) in [5.74, 6) is 0.341. The van der Waals surface area contributed by atoms with Gasteiger partial charge in [-0.25, -0.2) is 8.42 Å². The number of aromatic nitrogens is 1. The first-order valence-corrected chi connectivity index (χ1v) is 8.85. The number of rotatable bonds is 3. The Balaban J connectivity index is 2.03. The Morgan fingerprint density at radius 1 is 1.27 bits per heavy atom. The van der Waals surface area contributed by atoms with Crippen LogP contribution in [0.5, 0.6) is 0 Å². The number of sulfonamides is 1. The molecule has 5 nitrogen and oxygen atoms in total. The fourth-order valence-electron chi connectivity index (χ4n) is 3.26. The zero-order valence-electron chi connectivity index (χ0n) is 13.0. The van der Waals surface area contributed by atoms with E-state index in [2.05, 4.69) is 11.2 Å². The lowest BCUT2D eigenvalue weighted by atomic mass is 9.88. The van der Waals surface area contributed by atoms with E-state index in [0.717, 1.165) is 24.8 Å². The van der Waals surface area contributed by atoms with E-state index >= 15 is 0 Å². The average Bonchev–Trinajstić information content (AvgIpc) is 2.85. The van der Waals surface area contributed by atoms with Crippen LogP contribution in [0.25, 0.3) is 0 Å². The van der Waals surface area contributed by atoms with Crippen molar-refractivity contribution in [1.29, 1.82) is 0 Å². The minimum atomic E-state index is -3.62. The van der Waals surface area contributed by atoms with Crippen molar-refractivity contribution in [2.75, 3.05) is 7.05 Å². The van der Waals surface area contributed by atoms with Gasteiger partial charge in [0.15, 0.2) is 5.76 Å². The Bertz CT molecular complexity index is 776. The maximum atomic E-state index is 13.0. The molecule has 1 aliphatic rings. The monoisotopic (exact) mass is 320 g/mol. The van der Waals surface area contributed by atoms with E-state index in [0.29, 0.717) is 11.5 Å². The number of benzene rings is 1. The second-order valence-electron chi connectivity index (χ2n) is 5.78. The van der Waals surface area contributed by atoms with Gasteiger partial charge in [0.2, 0.25) is 10.0 Å². The first-order valence-electron chi connectivity index (χ1n) is 7.41. The van der Waals surface area contributed by atoms with Crippen LogP contribution < -0.4 is 0 Å². The van der Waals surface area contributed by atoms with Gasteiger partial charge in [-0.1, -0.05) is 29.4 Å². The van der Waals surface area contributed by atoms with Crippen molar-refractivity contribution in [2.24, 2.45) is 0 Å². The zero-order chi connectivity index (χ0) is 15.9. The Hall–Kier alpha value is -1.66. The summed E-state index contributed by atoms with van der Waals surface area (Å²) in [5.41, 5.74) is 2.75. The summed E-state index contributed by atoms with van der Waals surface area (Å²) < 4.78 is 32.4. The molecule has 1 aliphatic carbocycles. The summed E-state index contributed by atoms with van der Waals surface area (Å²) in [6.07, 6.45) is 2.82. The zero-order valence-corrected chi connectivity index (χ0v) is 13.9. The number of hydrogen-bond donors (Lipinski definition) is 0. The summed E-state index contributed by atoms with van der Waals surface area (Å²) in [6, 6.07) is 7.94. The highest BCUT2D eigenvalue weighted by atomic mass is 32.2. The molecule has 1 atom stereocenters. The standard InChI is InChI=1S/C16H20N2O3S/c1-11-16(12(2)21-17-11)22(19,20)18(3)15-10-6-8-13-7-4-5-9-14(13)15/h4-5,7,9,15H,6,8,10H2,1-3H3/t15-/m0/s1. The van der Waals surface area contributed by atoms with Crippen LogP contribution in [0.3, 0.4) is 0 Å². The first kappa shape index (κ1) is 15.2. The third-order valence-electron chi connectivity index (χ3n) is 4.38. The maximum absolute atomic E-state index is 13.0. The molecular weight excluding hydrogens is 300 g/mol. The molecule has 1 aromatic heterocycles. The molecule has 0 fully saturated rings. The van der Waals surface area contributed by atoms with Gasteiger partial charge in [-0.05, 0) is 44.2 Å². The lowest BCUT2D eigenvalue weighted by Crippen LogP contribution is -2.33. The van der Waals surface area contributed by atoms with Gasteiger partial charge in [0.05, 0.1) is 6.04 Å². The molecule has 0 bridgehead atoms. The Kier molecular flexibility index (Phi) is 3.82. The fraction of sp³-hybridized carbons (Fsp3) is 0.438. The van der Waals surface area contributed by atoms with Crippen molar-refractivity contribution in [2.45, 2.75) is 44.0 Å². The third kappa shape index (κ3) is 2.36. The highest BCUT2D eigenvalue weighted by Crippen LogP contribution is 2.37. The number of hydrogen-bond acceptors (Lipinski definition) is 4. The molecule has 2 aromatic rings. The van der Waals surface area contributed by atoms with Gasteiger partial charge >= 0.3 is 0 Å². The molecule has 0 N–H and O–H groups in total. The lowest BCUT2D eigenvalue weighted by molar-refractivity contribution is 0.336. The van der Waals surface area contributed by atoms with Gasteiger partial charge in [-0.2, -0.15) is 4.31 Å². The Labute approximate surface area is 131 Å².